The van der Waals surface area contributed by atoms with E-state index in [2.05, 4.69) is 21.2 Å². The molecule has 1 aromatic rings. The van der Waals surface area contributed by atoms with E-state index in [1.807, 2.05) is 6.92 Å². The quantitative estimate of drug-likeness (QED) is 0.775. The third-order valence-electron chi connectivity index (χ3n) is 2.09. The van der Waals surface area contributed by atoms with Crippen molar-refractivity contribution in [2.45, 2.75) is 13.0 Å². The maximum absolute atomic E-state index is 9.73. The van der Waals surface area contributed by atoms with E-state index in [1.165, 1.54) is 0 Å². The normalized spacial score (nSPS) is 12.9. The first-order valence-corrected chi connectivity index (χ1v) is 5.17. The van der Waals surface area contributed by atoms with Crippen LogP contribution >= 0.6 is 15.9 Å². The molecule has 0 saturated heterocycles. The van der Waals surface area contributed by atoms with Gasteiger partial charge in [-0.3, -0.25) is 0 Å². The largest absolute Gasteiger partial charge is 0.507 e. The smallest absolute Gasteiger partial charge is 0.130 e. The zero-order valence-corrected chi connectivity index (χ0v) is 9.80. The van der Waals surface area contributed by atoms with Gasteiger partial charge in [0.1, 0.15) is 5.75 Å². The summed E-state index contributed by atoms with van der Waals surface area (Å²) in [7, 11) is 1.78. The Balaban J connectivity index is 3.02. The Bertz CT molecular complexity index is 328. The van der Waals surface area contributed by atoms with Crippen LogP contribution in [0.5, 0.6) is 5.75 Å². The number of aromatic hydroxyl groups is 1. The molecule has 3 N–H and O–H groups in total. The molecule has 0 radical (unpaired) electrons. The second-order valence-corrected chi connectivity index (χ2v) is 4.09. The first-order valence-electron chi connectivity index (χ1n) is 4.38. The van der Waals surface area contributed by atoms with E-state index in [9.17, 15) is 10.2 Å². The van der Waals surface area contributed by atoms with Crippen molar-refractivity contribution in [2.24, 2.45) is 0 Å². The molecule has 0 aliphatic rings. The van der Waals surface area contributed by atoms with Crippen molar-refractivity contribution < 1.29 is 10.2 Å². The number of likely N-dealkylation sites (N-methyl/N-ethyl adjacent to an activating group) is 1. The average molecular weight is 260 g/mol. The molecule has 14 heavy (non-hydrogen) atoms. The number of aliphatic hydroxyl groups excluding tert-OH is 1. The summed E-state index contributed by atoms with van der Waals surface area (Å²) in [4.78, 5) is 0. The molecule has 0 saturated carbocycles. The highest BCUT2D eigenvalue weighted by molar-refractivity contribution is 9.10. The Kier molecular flexibility index (Phi) is 3.92. The Morgan fingerprint density at radius 1 is 1.50 bits per heavy atom. The van der Waals surface area contributed by atoms with Gasteiger partial charge in [-0.15, -0.1) is 0 Å². The lowest BCUT2D eigenvalue weighted by Gasteiger charge is -2.14. The van der Waals surface area contributed by atoms with Crippen molar-refractivity contribution in [1.29, 1.82) is 0 Å². The molecule has 4 heteroatoms. The number of rotatable bonds is 3. The highest BCUT2D eigenvalue weighted by atomic mass is 79.9. The molecule has 0 aliphatic heterocycles. The topological polar surface area (TPSA) is 52.5 Å². The number of nitrogens with one attached hydrogen (secondary N) is 1. The summed E-state index contributed by atoms with van der Waals surface area (Å²) in [6.45, 7) is 2.38. The molecule has 0 aromatic heterocycles. The predicted molar refractivity (Wildman–Crippen MR) is 59.4 cm³/mol. The van der Waals surface area contributed by atoms with Crippen LogP contribution in [0.2, 0.25) is 0 Å². The molecule has 0 fully saturated rings. The zero-order chi connectivity index (χ0) is 10.7. The second-order valence-electron chi connectivity index (χ2n) is 3.23. The molecular formula is C10H14BrNO2. The molecule has 78 valence electrons. The summed E-state index contributed by atoms with van der Waals surface area (Å²) in [5.41, 5.74) is 1.71. The van der Waals surface area contributed by atoms with Gasteiger partial charge in [0.15, 0.2) is 0 Å². The summed E-state index contributed by atoms with van der Waals surface area (Å²) in [6.07, 6.45) is -0.584. The molecule has 0 bridgehead atoms. The number of aliphatic hydroxyl groups is 1. The van der Waals surface area contributed by atoms with E-state index in [0.29, 0.717) is 11.0 Å². The fourth-order valence-electron chi connectivity index (χ4n) is 1.34. The second kappa shape index (κ2) is 4.77. The van der Waals surface area contributed by atoms with Gasteiger partial charge in [0, 0.05) is 6.54 Å². The fourth-order valence-corrected chi connectivity index (χ4v) is 1.80. The average Bonchev–Trinajstić information content (AvgIpc) is 2.11. The molecule has 0 heterocycles. The third kappa shape index (κ3) is 2.47. The SMILES string of the molecule is CNCC(O)c1cc(O)c(Br)cc1C. The Morgan fingerprint density at radius 3 is 2.71 bits per heavy atom. The van der Waals surface area contributed by atoms with Gasteiger partial charge in [-0.25, -0.2) is 0 Å². The first-order chi connectivity index (χ1) is 6.56. The summed E-state index contributed by atoms with van der Waals surface area (Å²) < 4.78 is 0.649. The van der Waals surface area contributed by atoms with Gasteiger partial charge in [-0.1, -0.05) is 0 Å². The van der Waals surface area contributed by atoms with Crippen LogP contribution in [0, 0.1) is 6.92 Å². The minimum absolute atomic E-state index is 0.153. The predicted octanol–water partition coefficient (Wildman–Crippen LogP) is 1.72. The first kappa shape index (κ1) is 11.5. The van der Waals surface area contributed by atoms with Crippen molar-refractivity contribution in [1.82, 2.24) is 5.32 Å². The van der Waals surface area contributed by atoms with E-state index < -0.39 is 6.10 Å². The summed E-state index contributed by atoms with van der Waals surface area (Å²) in [5.74, 6) is 0.153. The number of phenolic OH excluding ortho intramolecular Hbond substituents is 1. The Labute approximate surface area is 91.9 Å². The van der Waals surface area contributed by atoms with E-state index in [1.54, 1.807) is 19.2 Å². The third-order valence-corrected chi connectivity index (χ3v) is 2.73. The number of hydrogen-bond acceptors (Lipinski definition) is 3. The highest BCUT2D eigenvalue weighted by Crippen LogP contribution is 2.29. The van der Waals surface area contributed by atoms with Gasteiger partial charge < -0.3 is 15.5 Å². The van der Waals surface area contributed by atoms with Gasteiger partial charge in [0.2, 0.25) is 0 Å². The molecule has 1 rings (SSSR count). The van der Waals surface area contributed by atoms with Crippen LogP contribution in [0.3, 0.4) is 0 Å². The van der Waals surface area contributed by atoms with Gasteiger partial charge >= 0.3 is 0 Å². The van der Waals surface area contributed by atoms with Crippen molar-refractivity contribution >= 4 is 15.9 Å². The minimum atomic E-state index is -0.584. The number of aryl methyl sites for hydroxylation is 1. The minimum Gasteiger partial charge on any atom is -0.507 e. The van der Waals surface area contributed by atoms with Gasteiger partial charge in [0.25, 0.3) is 0 Å². The van der Waals surface area contributed by atoms with E-state index in [0.717, 1.165) is 11.1 Å². The van der Waals surface area contributed by atoms with Crippen LogP contribution in [-0.4, -0.2) is 23.8 Å². The van der Waals surface area contributed by atoms with Crippen LogP contribution in [0.4, 0.5) is 0 Å². The van der Waals surface area contributed by atoms with Crippen LogP contribution in [0.1, 0.15) is 17.2 Å². The number of halogens is 1. The maximum Gasteiger partial charge on any atom is 0.130 e. The lowest BCUT2D eigenvalue weighted by atomic mass is 10.0. The summed E-state index contributed by atoms with van der Waals surface area (Å²) in [5, 5.41) is 22.1. The Hall–Kier alpha value is -0.580. The van der Waals surface area contributed by atoms with Crippen molar-refractivity contribution in [2.75, 3.05) is 13.6 Å². The molecule has 1 aromatic carbocycles. The zero-order valence-electron chi connectivity index (χ0n) is 8.21. The van der Waals surface area contributed by atoms with Gasteiger partial charge in [-0.05, 0) is 53.2 Å². The summed E-state index contributed by atoms with van der Waals surface area (Å²) >= 11 is 3.22. The van der Waals surface area contributed by atoms with Gasteiger partial charge in [-0.2, -0.15) is 0 Å². The Morgan fingerprint density at radius 2 is 2.14 bits per heavy atom. The molecule has 0 aliphatic carbocycles. The maximum atomic E-state index is 9.73. The van der Waals surface area contributed by atoms with Crippen molar-refractivity contribution in [3.8, 4) is 5.75 Å². The standard InChI is InChI=1S/C10H14BrNO2/c1-6-3-8(11)9(13)4-7(6)10(14)5-12-2/h3-4,10,12-14H,5H2,1-2H3. The monoisotopic (exact) mass is 259 g/mol. The van der Waals surface area contributed by atoms with Gasteiger partial charge in [0.05, 0.1) is 10.6 Å². The lowest BCUT2D eigenvalue weighted by Crippen LogP contribution is -2.17. The van der Waals surface area contributed by atoms with Crippen LogP contribution in [0.25, 0.3) is 0 Å². The molecule has 0 amide bonds. The number of hydrogen-bond donors (Lipinski definition) is 3. The fraction of sp³-hybridized carbons (Fsp3) is 0.400. The van der Waals surface area contributed by atoms with Crippen LogP contribution in [0.15, 0.2) is 16.6 Å². The van der Waals surface area contributed by atoms with Crippen molar-refractivity contribution in [3.63, 3.8) is 0 Å². The molecule has 0 spiro atoms. The van der Waals surface area contributed by atoms with Crippen LogP contribution in [-0.2, 0) is 0 Å². The van der Waals surface area contributed by atoms with Crippen molar-refractivity contribution in [3.05, 3.63) is 27.7 Å². The molecule has 1 atom stereocenters. The number of phenols is 1. The number of benzene rings is 1. The lowest BCUT2D eigenvalue weighted by molar-refractivity contribution is 0.176. The van der Waals surface area contributed by atoms with E-state index in [4.69, 9.17) is 0 Å². The van der Waals surface area contributed by atoms with Crippen LogP contribution < -0.4 is 5.32 Å². The molecule has 1 unspecified atom stereocenters. The van der Waals surface area contributed by atoms with E-state index >= 15 is 0 Å². The van der Waals surface area contributed by atoms with E-state index in [-0.39, 0.29) is 5.75 Å². The highest BCUT2D eigenvalue weighted by Gasteiger charge is 2.11. The molecular weight excluding hydrogens is 246 g/mol. The summed E-state index contributed by atoms with van der Waals surface area (Å²) in [6, 6.07) is 3.38. The molecule has 3 nitrogen and oxygen atoms in total.